The van der Waals surface area contributed by atoms with Crippen molar-refractivity contribution in [2.45, 2.75) is 6.92 Å². The lowest BCUT2D eigenvalue weighted by Gasteiger charge is -2.28. The number of piperazine rings is 1. The average Bonchev–Trinajstić information content (AvgIpc) is 2.55. The van der Waals surface area contributed by atoms with Crippen LogP contribution in [0, 0.1) is 0 Å². The number of hydrogen-bond donors (Lipinski definition) is 2. The van der Waals surface area contributed by atoms with Gasteiger partial charge in [-0.1, -0.05) is 0 Å². The zero-order valence-electron chi connectivity index (χ0n) is 12.2. The Labute approximate surface area is 124 Å². The molecular formula is C16H20N4O. The molecule has 0 atom stereocenters. The zero-order chi connectivity index (χ0) is 14.7. The Morgan fingerprint density at radius 1 is 1.29 bits per heavy atom. The van der Waals surface area contributed by atoms with Crippen molar-refractivity contribution in [1.29, 1.82) is 0 Å². The first-order valence-corrected chi connectivity index (χ1v) is 7.42. The molecule has 0 aliphatic carbocycles. The van der Waals surface area contributed by atoms with E-state index in [0.29, 0.717) is 12.1 Å². The monoisotopic (exact) mass is 284 g/mol. The highest BCUT2D eigenvalue weighted by Crippen LogP contribution is 2.19. The third-order valence-corrected chi connectivity index (χ3v) is 3.72. The van der Waals surface area contributed by atoms with Crippen LogP contribution in [-0.4, -0.2) is 43.6 Å². The predicted molar refractivity (Wildman–Crippen MR) is 84.8 cm³/mol. The summed E-state index contributed by atoms with van der Waals surface area (Å²) in [5.41, 5.74) is 1.61. The maximum Gasteiger partial charge on any atom is 0.251 e. The minimum absolute atomic E-state index is 0.0365. The molecule has 0 bridgehead atoms. The molecule has 110 valence electrons. The standard InChI is InChI=1S/C16H20N4O/c1-2-18-16(21)13-3-5-14-12(11-13)4-6-15(19-14)20-9-7-17-8-10-20/h3-6,11,17H,2,7-10H2,1H3,(H,18,21). The van der Waals surface area contributed by atoms with Gasteiger partial charge in [0.2, 0.25) is 0 Å². The van der Waals surface area contributed by atoms with Crippen LogP contribution in [-0.2, 0) is 0 Å². The van der Waals surface area contributed by atoms with Gasteiger partial charge in [-0.15, -0.1) is 0 Å². The van der Waals surface area contributed by atoms with E-state index < -0.39 is 0 Å². The van der Waals surface area contributed by atoms with Gasteiger partial charge in [0.1, 0.15) is 5.82 Å². The van der Waals surface area contributed by atoms with Crippen LogP contribution < -0.4 is 15.5 Å². The summed E-state index contributed by atoms with van der Waals surface area (Å²) in [6.07, 6.45) is 0. The Balaban J connectivity index is 1.88. The Bertz CT molecular complexity index is 650. The lowest BCUT2D eigenvalue weighted by atomic mass is 10.1. The van der Waals surface area contributed by atoms with Gasteiger partial charge in [0, 0.05) is 43.7 Å². The van der Waals surface area contributed by atoms with Gasteiger partial charge in [0.15, 0.2) is 0 Å². The summed E-state index contributed by atoms with van der Waals surface area (Å²) in [6, 6.07) is 9.74. The van der Waals surface area contributed by atoms with Gasteiger partial charge >= 0.3 is 0 Å². The van der Waals surface area contributed by atoms with Crippen LogP contribution >= 0.6 is 0 Å². The number of benzene rings is 1. The summed E-state index contributed by atoms with van der Waals surface area (Å²) >= 11 is 0. The quantitative estimate of drug-likeness (QED) is 0.894. The fourth-order valence-electron chi connectivity index (χ4n) is 2.59. The van der Waals surface area contributed by atoms with Crippen molar-refractivity contribution in [3.8, 4) is 0 Å². The summed E-state index contributed by atoms with van der Waals surface area (Å²) in [5, 5.41) is 7.15. The van der Waals surface area contributed by atoms with Crippen molar-refractivity contribution in [3.63, 3.8) is 0 Å². The molecule has 1 aliphatic rings. The molecule has 2 aromatic rings. The third kappa shape index (κ3) is 2.97. The van der Waals surface area contributed by atoms with Crippen LogP contribution in [0.3, 0.4) is 0 Å². The van der Waals surface area contributed by atoms with Crippen LogP contribution in [0.15, 0.2) is 30.3 Å². The summed E-state index contributed by atoms with van der Waals surface area (Å²) in [4.78, 5) is 18.9. The fourth-order valence-corrected chi connectivity index (χ4v) is 2.59. The van der Waals surface area contributed by atoms with Crippen LogP contribution in [0.4, 0.5) is 5.82 Å². The van der Waals surface area contributed by atoms with Gasteiger partial charge in [-0.3, -0.25) is 4.79 Å². The van der Waals surface area contributed by atoms with Gasteiger partial charge in [-0.05, 0) is 37.3 Å². The molecule has 1 fully saturated rings. The summed E-state index contributed by atoms with van der Waals surface area (Å²) in [6.45, 7) is 6.51. The van der Waals surface area contributed by atoms with Crippen LogP contribution in [0.5, 0.6) is 0 Å². The van der Waals surface area contributed by atoms with E-state index >= 15 is 0 Å². The van der Waals surface area contributed by atoms with E-state index in [9.17, 15) is 4.79 Å². The second kappa shape index (κ2) is 6.10. The molecule has 0 unspecified atom stereocenters. The van der Waals surface area contributed by atoms with E-state index in [2.05, 4.69) is 15.5 Å². The molecule has 5 nitrogen and oxygen atoms in total. The van der Waals surface area contributed by atoms with Crippen molar-refractivity contribution in [2.75, 3.05) is 37.6 Å². The van der Waals surface area contributed by atoms with Crippen molar-refractivity contribution < 1.29 is 4.79 Å². The number of carbonyl (C=O) groups excluding carboxylic acids is 1. The number of hydrogen-bond acceptors (Lipinski definition) is 4. The lowest BCUT2D eigenvalue weighted by Crippen LogP contribution is -2.43. The maximum atomic E-state index is 11.9. The number of pyridine rings is 1. The molecule has 0 radical (unpaired) electrons. The Hall–Kier alpha value is -2.14. The molecule has 1 aromatic heterocycles. The molecule has 1 amide bonds. The molecule has 0 saturated carbocycles. The molecular weight excluding hydrogens is 264 g/mol. The minimum Gasteiger partial charge on any atom is -0.354 e. The second-order valence-electron chi connectivity index (χ2n) is 5.17. The maximum absolute atomic E-state index is 11.9. The van der Waals surface area contributed by atoms with Crippen LogP contribution in [0.2, 0.25) is 0 Å². The van der Waals surface area contributed by atoms with Crippen molar-refractivity contribution in [3.05, 3.63) is 35.9 Å². The Morgan fingerprint density at radius 2 is 2.10 bits per heavy atom. The topological polar surface area (TPSA) is 57.3 Å². The van der Waals surface area contributed by atoms with Crippen molar-refractivity contribution >= 4 is 22.6 Å². The normalized spacial score (nSPS) is 15.2. The minimum atomic E-state index is -0.0365. The largest absolute Gasteiger partial charge is 0.354 e. The smallest absolute Gasteiger partial charge is 0.251 e. The first-order chi connectivity index (χ1) is 10.3. The molecule has 2 N–H and O–H groups in total. The molecule has 0 spiro atoms. The van der Waals surface area contributed by atoms with Gasteiger partial charge in [-0.2, -0.15) is 0 Å². The molecule has 1 aliphatic heterocycles. The van der Waals surface area contributed by atoms with Crippen molar-refractivity contribution in [2.24, 2.45) is 0 Å². The third-order valence-electron chi connectivity index (χ3n) is 3.72. The predicted octanol–water partition coefficient (Wildman–Crippen LogP) is 1.39. The summed E-state index contributed by atoms with van der Waals surface area (Å²) in [7, 11) is 0. The number of nitrogens with one attached hydrogen (secondary N) is 2. The Kier molecular flexibility index (Phi) is 4.01. The SMILES string of the molecule is CCNC(=O)c1ccc2nc(N3CCNCC3)ccc2c1. The molecule has 3 rings (SSSR count). The number of carbonyl (C=O) groups is 1. The second-order valence-corrected chi connectivity index (χ2v) is 5.17. The van der Waals surface area contributed by atoms with Crippen LogP contribution in [0.25, 0.3) is 10.9 Å². The number of anilines is 1. The first-order valence-electron chi connectivity index (χ1n) is 7.42. The molecule has 5 heteroatoms. The molecule has 21 heavy (non-hydrogen) atoms. The molecule has 1 saturated heterocycles. The molecule has 2 heterocycles. The van der Waals surface area contributed by atoms with Gasteiger partial charge in [0.25, 0.3) is 5.91 Å². The molecule has 1 aromatic carbocycles. The van der Waals surface area contributed by atoms with E-state index in [0.717, 1.165) is 42.9 Å². The number of rotatable bonds is 3. The number of nitrogens with zero attached hydrogens (tertiary/aromatic N) is 2. The highest BCUT2D eigenvalue weighted by Gasteiger charge is 2.12. The lowest BCUT2D eigenvalue weighted by molar-refractivity contribution is 0.0956. The summed E-state index contributed by atoms with van der Waals surface area (Å²) in [5.74, 6) is 0.973. The number of aromatic nitrogens is 1. The van der Waals surface area contributed by atoms with Crippen molar-refractivity contribution in [1.82, 2.24) is 15.6 Å². The first kappa shape index (κ1) is 13.8. The average molecular weight is 284 g/mol. The fraction of sp³-hybridized carbons (Fsp3) is 0.375. The van der Waals surface area contributed by atoms with E-state index in [1.807, 2.05) is 37.3 Å². The number of fused-ring (bicyclic) bond motifs is 1. The van der Waals surface area contributed by atoms with E-state index in [1.165, 1.54) is 0 Å². The number of amides is 1. The van der Waals surface area contributed by atoms with Gasteiger partial charge < -0.3 is 15.5 Å². The zero-order valence-corrected chi connectivity index (χ0v) is 12.2. The van der Waals surface area contributed by atoms with E-state index in [1.54, 1.807) is 0 Å². The highest BCUT2D eigenvalue weighted by molar-refractivity contribution is 5.98. The summed E-state index contributed by atoms with van der Waals surface area (Å²) < 4.78 is 0. The van der Waals surface area contributed by atoms with Crippen LogP contribution in [0.1, 0.15) is 17.3 Å². The van der Waals surface area contributed by atoms with E-state index in [4.69, 9.17) is 4.98 Å². The Morgan fingerprint density at radius 3 is 2.86 bits per heavy atom. The van der Waals surface area contributed by atoms with E-state index in [-0.39, 0.29) is 5.91 Å². The highest BCUT2D eigenvalue weighted by atomic mass is 16.1. The van der Waals surface area contributed by atoms with Gasteiger partial charge in [-0.25, -0.2) is 4.98 Å². The van der Waals surface area contributed by atoms with Gasteiger partial charge in [0.05, 0.1) is 5.52 Å².